The van der Waals surface area contributed by atoms with Gasteiger partial charge in [-0.25, -0.2) is 0 Å². The molecule has 0 saturated heterocycles. The first-order chi connectivity index (χ1) is 4.93. The first-order valence-corrected chi connectivity index (χ1v) is 4.57. The van der Waals surface area contributed by atoms with Crippen molar-refractivity contribution in [1.29, 1.82) is 0 Å². The van der Waals surface area contributed by atoms with Crippen molar-refractivity contribution in [2.75, 3.05) is 12.0 Å². The van der Waals surface area contributed by atoms with E-state index in [-0.39, 0.29) is 0 Å². The molecule has 1 aromatic heterocycles. The molecule has 2 nitrogen and oxygen atoms in total. The maximum absolute atomic E-state index is 3.78. The summed E-state index contributed by atoms with van der Waals surface area (Å²) in [6.07, 6.45) is 6.75. The second kappa shape index (κ2) is 4.28. The zero-order valence-electron chi connectivity index (χ0n) is 5.95. The Hall–Kier alpha value is -0.570. The maximum Gasteiger partial charge on any atom is 0.0528 e. The van der Waals surface area contributed by atoms with Crippen LogP contribution in [0.4, 0.5) is 0 Å². The molecule has 0 aliphatic carbocycles. The molecule has 0 aliphatic heterocycles. The fourth-order valence-corrected chi connectivity index (χ4v) is 1.13. The second-order valence-electron chi connectivity index (χ2n) is 1.99. The van der Waals surface area contributed by atoms with Gasteiger partial charge in [-0.05, 0) is 30.1 Å². The van der Waals surface area contributed by atoms with Crippen LogP contribution in [-0.4, -0.2) is 22.2 Å². The van der Waals surface area contributed by atoms with Gasteiger partial charge in [0.2, 0.25) is 0 Å². The van der Waals surface area contributed by atoms with Gasteiger partial charge in [-0.15, -0.1) is 0 Å². The van der Waals surface area contributed by atoms with Gasteiger partial charge in [0.1, 0.15) is 0 Å². The van der Waals surface area contributed by atoms with Gasteiger partial charge in [0.05, 0.1) is 6.20 Å². The molecule has 0 N–H and O–H groups in total. The van der Waals surface area contributed by atoms with E-state index in [1.807, 2.05) is 24.0 Å². The molecule has 0 spiro atoms. The zero-order valence-corrected chi connectivity index (χ0v) is 6.77. The van der Waals surface area contributed by atoms with Crippen molar-refractivity contribution in [3.05, 3.63) is 24.0 Å². The van der Waals surface area contributed by atoms with Gasteiger partial charge < -0.3 is 0 Å². The number of nitrogens with zero attached hydrogens (tertiary/aromatic N) is 2. The fraction of sp³-hybridized carbons (Fsp3) is 0.429. The molecule has 3 heteroatoms. The lowest BCUT2D eigenvalue weighted by Crippen LogP contribution is -1.89. The van der Waals surface area contributed by atoms with Crippen LogP contribution in [0.2, 0.25) is 0 Å². The summed E-state index contributed by atoms with van der Waals surface area (Å²) in [6, 6.07) is 2.00. The third kappa shape index (κ3) is 2.35. The molecule has 0 amide bonds. The van der Waals surface area contributed by atoms with E-state index >= 15 is 0 Å². The van der Waals surface area contributed by atoms with E-state index in [0.29, 0.717) is 0 Å². The van der Waals surface area contributed by atoms with Crippen LogP contribution in [0.5, 0.6) is 0 Å². The normalized spacial score (nSPS) is 9.70. The van der Waals surface area contributed by atoms with Gasteiger partial charge in [0.15, 0.2) is 0 Å². The highest BCUT2D eigenvalue weighted by Crippen LogP contribution is 2.00. The highest BCUT2D eigenvalue weighted by molar-refractivity contribution is 7.98. The Bertz CT molecular complexity index is 176. The van der Waals surface area contributed by atoms with Crippen molar-refractivity contribution in [1.82, 2.24) is 10.2 Å². The Labute approximate surface area is 65.1 Å². The summed E-state index contributed by atoms with van der Waals surface area (Å²) >= 11 is 1.85. The first-order valence-electron chi connectivity index (χ1n) is 3.18. The van der Waals surface area contributed by atoms with Crippen LogP contribution in [0, 0.1) is 0 Å². The number of hydrogen-bond acceptors (Lipinski definition) is 3. The van der Waals surface area contributed by atoms with Gasteiger partial charge in [-0.3, -0.25) is 0 Å². The highest BCUT2D eigenvalue weighted by atomic mass is 32.2. The van der Waals surface area contributed by atoms with Crippen molar-refractivity contribution in [2.45, 2.75) is 6.42 Å². The minimum Gasteiger partial charge on any atom is -0.165 e. The van der Waals surface area contributed by atoms with Crippen LogP contribution in [-0.2, 0) is 6.42 Å². The molecule has 0 fully saturated rings. The van der Waals surface area contributed by atoms with Gasteiger partial charge in [0, 0.05) is 6.20 Å². The van der Waals surface area contributed by atoms with Crippen molar-refractivity contribution >= 4 is 11.8 Å². The molecule has 0 saturated carbocycles. The largest absolute Gasteiger partial charge is 0.165 e. The Balaban J connectivity index is 2.43. The Morgan fingerprint density at radius 2 is 2.40 bits per heavy atom. The van der Waals surface area contributed by atoms with Crippen LogP contribution in [0.15, 0.2) is 18.5 Å². The molecule has 0 unspecified atom stereocenters. The van der Waals surface area contributed by atoms with Crippen LogP contribution < -0.4 is 0 Å². The third-order valence-corrected chi connectivity index (χ3v) is 1.85. The van der Waals surface area contributed by atoms with Crippen molar-refractivity contribution < 1.29 is 0 Å². The quantitative estimate of drug-likeness (QED) is 0.658. The van der Waals surface area contributed by atoms with E-state index in [4.69, 9.17) is 0 Å². The number of aromatic nitrogens is 2. The molecule has 0 aromatic carbocycles. The SMILES string of the molecule is CSCCc1ccnnc1. The summed E-state index contributed by atoms with van der Waals surface area (Å²) in [4.78, 5) is 0. The minimum absolute atomic E-state index is 1.09. The van der Waals surface area contributed by atoms with E-state index in [2.05, 4.69) is 16.5 Å². The predicted octanol–water partition coefficient (Wildman–Crippen LogP) is 1.38. The fourth-order valence-electron chi connectivity index (χ4n) is 0.686. The van der Waals surface area contributed by atoms with Crippen molar-refractivity contribution in [2.24, 2.45) is 0 Å². The minimum atomic E-state index is 1.09. The van der Waals surface area contributed by atoms with Gasteiger partial charge in [-0.1, -0.05) is 0 Å². The molecule has 0 aliphatic rings. The first kappa shape index (κ1) is 7.54. The highest BCUT2D eigenvalue weighted by Gasteiger charge is 1.89. The predicted molar refractivity (Wildman–Crippen MR) is 44.1 cm³/mol. The lowest BCUT2D eigenvalue weighted by Gasteiger charge is -1.94. The Morgan fingerprint density at radius 3 is 3.00 bits per heavy atom. The summed E-state index contributed by atoms with van der Waals surface area (Å²) in [5.74, 6) is 1.16. The number of aryl methyl sites for hydroxylation is 1. The lowest BCUT2D eigenvalue weighted by atomic mass is 10.2. The molecule has 1 rings (SSSR count). The molecule has 0 bridgehead atoms. The average molecular weight is 154 g/mol. The summed E-state index contributed by atoms with van der Waals surface area (Å²) < 4.78 is 0. The number of hydrogen-bond donors (Lipinski definition) is 0. The van der Waals surface area contributed by atoms with Gasteiger partial charge >= 0.3 is 0 Å². The summed E-state index contributed by atoms with van der Waals surface area (Å²) in [7, 11) is 0. The smallest absolute Gasteiger partial charge is 0.0528 e. The summed E-state index contributed by atoms with van der Waals surface area (Å²) in [5, 5.41) is 7.47. The molecular formula is C7H10N2S. The monoisotopic (exact) mass is 154 g/mol. The summed E-state index contributed by atoms with van der Waals surface area (Å²) in [5.41, 5.74) is 1.27. The topological polar surface area (TPSA) is 25.8 Å². The zero-order chi connectivity index (χ0) is 7.23. The molecule has 1 aromatic rings. The molecule has 1 heterocycles. The van der Waals surface area contributed by atoms with Gasteiger partial charge in [-0.2, -0.15) is 22.0 Å². The molecular weight excluding hydrogens is 144 g/mol. The lowest BCUT2D eigenvalue weighted by molar-refractivity contribution is 0.987. The molecule has 0 radical (unpaired) electrons. The van der Waals surface area contributed by atoms with Gasteiger partial charge in [0.25, 0.3) is 0 Å². The standard InChI is InChI=1S/C7H10N2S/c1-10-5-3-7-2-4-8-9-6-7/h2,4,6H,3,5H2,1H3. The van der Waals surface area contributed by atoms with E-state index in [1.165, 1.54) is 5.56 Å². The Kier molecular flexibility index (Phi) is 3.22. The number of thioether (sulfide) groups is 1. The molecule has 0 atom stereocenters. The van der Waals surface area contributed by atoms with E-state index in [1.54, 1.807) is 6.20 Å². The van der Waals surface area contributed by atoms with Crippen LogP contribution in [0.25, 0.3) is 0 Å². The second-order valence-corrected chi connectivity index (χ2v) is 2.98. The van der Waals surface area contributed by atoms with Crippen LogP contribution in [0.3, 0.4) is 0 Å². The van der Waals surface area contributed by atoms with E-state index < -0.39 is 0 Å². The van der Waals surface area contributed by atoms with E-state index in [0.717, 1.165) is 12.2 Å². The summed E-state index contributed by atoms with van der Waals surface area (Å²) in [6.45, 7) is 0. The average Bonchev–Trinajstić information content (AvgIpc) is 2.03. The van der Waals surface area contributed by atoms with Crippen LogP contribution in [0.1, 0.15) is 5.56 Å². The maximum atomic E-state index is 3.78. The number of rotatable bonds is 3. The third-order valence-electron chi connectivity index (χ3n) is 1.24. The van der Waals surface area contributed by atoms with Crippen molar-refractivity contribution in [3.8, 4) is 0 Å². The van der Waals surface area contributed by atoms with E-state index in [9.17, 15) is 0 Å². The molecule has 54 valence electrons. The van der Waals surface area contributed by atoms with Crippen LogP contribution >= 0.6 is 11.8 Å². The molecule has 10 heavy (non-hydrogen) atoms. The van der Waals surface area contributed by atoms with Crippen molar-refractivity contribution in [3.63, 3.8) is 0 Å². The Morgan fingerprint density at radius 1 is 1.50 bits per heavy atom.